The van der Waals surface area contributed by atoms with Crippen LogP contribution in [0.3, 0.4) is 0 Å². The van der Waals surface area contributed by atoms with Crippen molar-refractivity contribution in [1.82, 2.24) is 4.90 Å². The average Bonchev–Trinajstić information content (AvgIpc) is 2.35. The molecular formula is C17H22N2O2. The van der Waals surface area contributed by atoms with Crippen molar-refractivity contribution in [2.24, 2.45) is 5.92 Å². The number of ether oxygens (including phenoxy) is 1. The lowest BCUT2D eigenvalue weighted by molar-refractivity contribution is 0.000847. The molecule has 0 aliphatic carbocycles. The normalized spacial score (nSPS) is 15.0. The lowest BCUT2D eigenvalue weighted by atomic mass is 10.0. The van der Waals surface area contributed by atoms with Gasteiger partial charge in [0.2, 0.25) is 0 Å². The molecule has 0 spiro atoms. The van der Waals surface area contributed by atoms with Crippen LogP contribution < -0.4 is 5.32 Å². The minimum absolute atomic E-state index is 0.225. The summed E-state index contributed by atoms with van der Waals surface area (Å²) in [7, 11) is 0. The van der Waals surface area contributed by atoms with E-state index in [4.69, 9.17) is 11.2 Å². The number of nitrogens with one attached hydrogen (secondary N) is 1. The Morgan fingerprint density at radius 2 is 2.00 bits per heavy atom. The third-order valence-corrected chi connectivity index (χ3v) is 3.26. The molecule has 1 aliphatic rings. The number of rotatable bonds is 3. The molecule has 0 bridgehead atoms. The van der Waals surface area contributed by atoms with Gasteiger partial charge in [0.05, 0.1) is 0 Å². The van der Waals surface area contributed by atoms with E-state index < -0.39 is 5.60 Å². The van der Waals surface area contributed by atoms with Crippen LogP contribution in [-0.4, -0.2) is 36.2 Å². The second-order valence-corrected chi connectivity index (χ2v) is 6.35. The van der Waals surface area contributed by atoms with Crippen molar-refractivity contribution in [3.05, 3.63) is 29.8 Å². The number of hydrogen-bond acceptors (Lipinski definition) is 3. The minimum atomic E-state index is -0.431. The molecule has 4 heteroatoms. The molecule has 1 aliphatic heterocycles. The molecule has 1 N–H and O–H groups in total. The van der Waals surface area contributed by atoms with Crippen molar-refractivity contribution in [2.75, 3.05) is 25.0 Å². The zero-order valence-corrected chi connectivity index (χ0v) is 12.8. The number of likely N-dealkylation sites (tertiary alicyclic amines) is 1. The summed E-state index contributed by atoms with van der Waals surface area (Å²) in [4.78, 5) is 13.5. The van der Waals surface area contributed by atoms with Crippen LogP contribution in [0.2, 0.25) is 0 Å². The van der Waals surface area contributed by atoms with E-state index in [0.717, 1.165) is 30.9 Å². The van der Waals surface area contributed by atoms with Crippen LogP contribution in [0.15, 0.2) is 24.3 Å². The van der Waals surface area contributed by atoms with Crippen LogP contribution in [0.5, 0.6) is 0 Å². The highest BCUT2D eigenvalue weighted by molar-refractivity contribution is 5.69. The Labute approximate surface area is 126 Å². The molecule has 1 aromatic rings. The molecule has 4 nitrogen and oxygen atoms in total. The van der Waals surface area contributed by atoms with Crippen LogP contribution in [0.1, 0.15) is 26.3 Å². The van der Waals surface area contributed by atoms with Crippen LogP contribution in [0, 0.1) is 18.3 Å². The van der Waals surface area contributed by atoms with Gasteiger partial charge in [0.15, 0.2) is 0 Å². The van der Waals surface area contributed by atoms with E-state index in [1.807, 2.05) is 45.0 Å². The fraction of sp³-hybridized carbons (Fsp3) is 0.471. The average molecular weight is 286 g/mol. The van der Waals surface area contributed by atoms with Crippen LogP contribution in [0.4, 0.5) is 10.5 Å². The van der Waals surface area contributed by atoms with E-state index in [1.165, 1.54) is 0 Å². The molecule has 1 amide bonds. The van der Waals surface area contributed by atoms with Gasteiger partial charge in [-0.2, -0.15) is 0 Å². The van der Waals surface area contributed by atoms with E-state index in [-0.39, 0.29) is 6.09 Å². The van der Waals surface area contributed by atoms with Gasteiger partial charge in [0.1, 0.15) is 5.60 Å². The van der Waals surface area contributed by atoms with Crippen molar-refractivity contribution in [2.45, 2.75) is 26.4 Å². The number of nitrogens with zero attached hydrogens (tertiary/aromatic N) is 1. The highest BCUT2D eigenvalue weighted by atomic mass is 16.6. The van der Waals surface area contributed by atoms with Gasteiger partial charge in [0.25, 0.3) is 0 Å². The number of carbonyl (C=O) groups is 1. The van der Waals surface area contributed by atoms with Crippen molar-refractivity contribution in [3.63, 3.8) is 0 Å². The highest BCUT2D eigenvalue weighted by Gasteiger charge is 2.33. The Hall–Kier alpha value is -2.15. The topological polar surface area (TPSA) is 41.6 Å². The second kappa shape index (κ2) is 6.09. The number of terminal acetylenes is 1. The zero-order valence-electron chi connectivity index (χ0n) is 12.8. The molecule has 0 saturated carbocycles. The lowest BCUT2D eigenvalue weighted by Crippen LogP contribution is -2.53. The van der Waals surface area contributed by atoms with Crippen molar-refractivity contribution in [3.8, 4) is 12.3 Å². The SMILES string of the molecule is C#Cc1ccc(NCC2CN(C(=O)OC(C)(C)C)C2)cc1. The standard InChI is InChI=1S/C17H22N2O2/c1-5-13-6-8-15(9-7-13)18-10-14-11-19(12-14)16(20)21-17(2,3)4/h1,6-9,14,18H,10-12H2,2-4H3. The zero-order chi connectivity index (χ0) is 15.5. The predicted octanol–water partition coefficient (Wildman–Crippen LogP) is 2.95. The molecule has 2 rings (SSSR count). The molecule has 0 atom stereocenters. The summed E-state index contributed by atoms with van der Waals surface area (Å²) in [5.41, 5.74) is 1.49. The maximum Gasteiger partial charge on any atom is 0.410 e. The summed E-state index contributed by atoms with van der Waals surface area (Å²) in [6.07, 6.45) is 5.10. The van der Waals surface area contributed by atoms with Gasteiger partial charge >= 0.3 is 6.09 Å². The summed E-state index contributed by atoms with van der Waals surface area (Å²) < 4.78 is 5.33. The lowest BCUT2D eigenvalue weighted by Gasteiger charge is -2.39. The highest BCUT2D eigenvalue weighted by Crippen LogP contribution is 2.20. The monoisotopic (exact) mass is 286 g/mol. The van der Waals surface area contributed by atoms with Gasteiger partial charge in [-0.25, -0.2) is 4.79 Å². The van der Waals surface area contributed by atoms with Gasteiger partial charge in [-0.05, 0) is 45.0 Å². The first-order chi connectivity index (χ1) is 9.87. The Kier molecular flexibility index (Phi) is 4.42. The Balaban J connectivity index is 1.71. The third kappa shape index (κ3) is 4.42. The van der Waals surface area contributed by atoms with E-state index >= 15 is 0 Å². The summed E-state index contributed by atoms with van der Waals surface area (Å²) >= 11 is 0. The summed E-state index contributed by atoms with van der Waals surface area (Å²) in [5, 5.41) is 3.36. The molecule has 112 valence electrons. The predicted molar refractivity (Wildman–Crippen MR) is 84.2 cm³/mol. The quantitative estimate of drug-likeness (QED) is 0.869. The van der Waals surface area contributed by atoms with Crippen molar-refractivity contribution < 1.29 is 9.53 Å². The fourth-order valence-corrected chi connectivity index (χ4v) is 2.12. The smallest absolute Gasteiger partial charge is 0.410 e. The fourth-order valence-electron chi connectivity index (χ4n) is 2.12. The van der Waals surface area contributed by atoms with E-state index in [9.17, 15) is 4.79 Å². The molecular weight excluding hydrogens is 264 g/mol. The summed E-state index contributed by atoms with van der Waals surface area (Å²) in [6, 6.07) is 7.77. The van der Waals surface area contributed by atoms with Gasteiger partial charge in [-0.3, -0.25) is 0 Å². The van der Waals surface area contributed by atoms with E-state index in [0.29, 0.717) is 5.92 Å². The Bertz CT molecular complexity index is 531. The molecule has 1 fully saturated rings. The van der Waals surface area contributed by atoms with E-state index in [2.05, 4.69) is 11.2 Å². The van der Waals surface area contributed by atoms with Gasteiger partial charge in [-0.1, -0.05) is 5.92 Å². The number of benzene rings is 1. The van der Waals surface area contributed by atoms with E-state index in [1.54, 1.807) is 4.90 Å². The summed E-state index contributed by atoms with van der Waals surface area (Å²) in [5.74, 6) is 3.06. The summed E-state index contributed by atoms with van der Waals surface area (Å²) in [6.45, 7) is 7.96. The first-order valence-corrected chi connectivity index (χ1v) is 7.16. The molecule has 1 aromatic carbocycles. The molecule has 0 unspecified atom stereocenters. The first kappa shape index (κ1) is 15.2. The molecule has 0 aromatic heterocycles. The van der Waals surface area contributed by atoms with Crippen LogP contribution in [-0.2, 0) is 4.74 Å². The molecule has 1 heterocycles. The maximum absolute atomic E-state index is 11.8. The second-order valence-electron chi connectivity index (χ2n) is 6.35. The minimum Gasteiger partial charge on any atom is -0.444 e. The number of hydrogen-bond donors (Lipinski definition) is 1. The Morgan fingerprint density at radius 1 is 1.38 bits per heavy atom. The van der Waals surface area contributed by atoms with Gasteiger partial charge in [-0.15, -0.1) is 6.42 Å². The molecule has 1 saturated heterocycles. The number of anilines is 1. The molecule has 21 heavy (non-hydrogen) atoms. The van der Waals surface area contributed by atoms with Crippen molar-refractivity contribution in [1.29, 1.82) is 0 Å². The third-order valence-electron chi connectivity index (χ3n) is 3.26. The van der Waals surface area contributed by atoms with Gasteiger partial charge < -0.3 is 15.0 Å². The number of carbonyl (C=O) groups excluding carboxylic acids is 1. The molecule has 0 radical (unpaired) electrons. The van der Waals surface area contributed by atoms with Crippen molar-refractivity contribution >= 4 is 11.8 Å². The first-order valence-electron chi connectivity index (χ1n) is 7.16. The van der Waals surface area contributed by atoms with Gasteiger partial charge in [0, 0.05) is 36.8 Å². The maximum atomic E-state index is 11.8. The largest absolute Gasteiger partial charge is 0.444 e. The van der Waals surface area contributed by atoms with Crippen LogP contribution in [0.25, 0.3) is 0 Å². The van der Waals surface area contributed by atoms with Crippen LogP contribution >= 0.6 is 0 Å². The number of amides is 1. The Morgan fingerprint density at radius 3 is 2.52 bits per heavy atom.